The number of hydrogen-bond acceptors (Lipinski definition) is 4. The molecular weight excluding hydrogens is 356 g/mol. The van der Waals surface area contributed by atoms with Crippen molar-refractivity contribution in [1.82, 2.24) is 0 Å². The Morgan fingerprint density at radius 1 is 0.500 bits per heavy atom. The smallest absolute Gasteiger partial charge is 0.258 e. The van der Waals surface area contributed by atoms with Gasteiger partial charge in [0.2, 0.25) is 0 Å². The second-order valence-electron chi connectivity index (χ2n) is 6.26. The molecule has 6 nitrogen and oxygen atoms in total. The first-order chi connectivity index (χ1) is 13.6. The monoisotopic (exact) mass is 370 g/mol. The van der Waals surface area contributed by atoms with Gasteiger partial charge in [-0.3, -0.25) is 20.2 Å². The normalized spacial score (nSPS) is 10.7. The van der Waals surface area contributed by atoms with Gasteiger partial charge < -0.3 is 0 Å². The molecule has 4 aromatic rings. The maximum atomic E-state index is 11.5. The average molecular weight is 370 g/mol. The fourth-order valence-electron chi connectivity index (χ4n) is 3.51. The molecule has 0 aliphatic heterocycles. The summed E-state index contributed by atoms with van der Waals surface area (Å²) in [5.41, 5.74) is 2.27. The Morgan fingerprint density at radius 2 is 0.893 bits per heavy atom. The number of nitrogens with zero attached hydrogens (tertiary/aromatic N) is 2. The molecule has 0 aromatic heterocycles. The fraction of sp³-hybridized carbons (Fsp3) is 0. The summed E-state index contributed by atoms with van der Waals surface area (Å²) >= 11 is 0. The van der Waals surface area contributed by atoms with Crippen LogP contribution in [0.1, 0.15) is 0 Å². The van der Waals surface area contributed by atoms with Crippen LogP contribution in [0.4, 0.5) is 11.4 Å². The number of rotatable bonds is 4. The van der Waals surface area contributed by atoms with Crippen LogP contribution in [0.5, 0.6) is 0 Å². The predicted octanol–water partition coefficient (Wildman–Crippen LogP) is 5.99. The van der Waals surface area contributed by atoms with Crippen LogP contribution in [0.2, 0.25) is 0 Å². The van der Waals surface area contributed by atoms with E-state index in [2.05, 4.69) is 0 Å². The van der Waals surface area contributed by atoms with E-state index in [0.29, 0.717) is 22.3 Å². The number of nitro groups is 2. The lowest BCUT2D eigenvalue weighted by atomic mass is 9.90. The number of nitro benzene ring substituents is 2. The second kappa shape index (κ2) is 6.92. The van der Waals surface area contributed by atoms with E-state index in [1.165, 1.54) is 12.1 Å². The quantitative estimate of drug-likeness (QED) is 0.326. The molecule has 0 amide bonds. The molecule has 0 spiro atoms. The van der Waals surface area contributed by atoms with Gasteiger partial charge in [0, 0.05) is 12.1 Å². The van der Waals surface area contributed by atoms with Gasteiger partial charge in [-0.2, -0.15) is 0 Å². The molecule has 0 aliphatic carbocycles. The van der Waals surface area contributed by atoms with Gasteiger partial charge in [-0.1, -0.05) is 60.7 Å². The van der Waals surface area contributed by atoms with Gasteiger partial charge in [0.25, 0.3) is 11.4 Å². The Bertz CT molecular complexity index is 1140. The van der Waals surface area contributed by atoms with E-state index in [1.54, 1.807) is 36.4 Å². The highest BCUT2D eigenvalue weighted by Gasteiger charge is 2.21. The zero-order chi connectivity index (χ0) is 19.7. The summed E-state index contributed by atoms with van der Waals surface area (Å²) in [6.07, 6.45) is 0. The number of para-hydroxylation sites is 2. The van der Waals surface area contributed by atoms with E-state index in [9.17, 15) is 20.2 Å². The van der Waals surface area contributed by atoms with Crippen molar-refractivity contribution < 1.29 is 9.85 Å². The van der Waals surface area contributed by atoms with Gasteiger partial charge >= 0.3 is 0 Å². The lowest BCUT2D eigenvalue weighted by molar-refractivity contribution is -0.384. The Labute approximate surface area is 160 Å². The van der Waals surface area contributed by atoms with Crippen molar-refractivity contribution in [2.45, 2.75) is 0 Å². The summed E-state index contributed by atoms with van der Waals surface area (Å²) in [7, 11) is 0. The highest BCUT2D eigenvalue weighted by molar-refractivity contribution is 6.08. The van der Waals surface area contributed by atoms with Gasteiger partial charge in [0.1, 0.15) is 0 Å². The zero-order valence-electron chi connectivity index (χ0n) is 14.6. The number of benzene rings is 4. The van der Waals surface area contributed by atoms with Crippen molar-refractivity contribution in [2.24, 2.45) is 0 Å². The molecule has 136 valence electrons. The highest BCUT2D eigenvalue weighted by Crippen LogP contribution is 2.41. The van der Waals surface area contributed by atoms with Crippen LogP contribution in [0.3, 0.4) is 0 Å². The van der Waals surface area contributed by atoms with Crippen molar-refractivity contribution in [3.8, 4) is 22.3 Å². The van der Waals surface area contributed by atoms with E-state index in [1.807, 2.05) is 36.4 Å². The Morgan fingerprint density at radius 3 is 1.32 bits per heavy atom. The Hall–Kier alpha value is -4.06. The van der Waals surface area contributed by atoms with Crippen molar-refractivity contribution in [1.29, 1.82) is 0 Å². The van der Waals surface area contributed by atoms with Crippen molar-refractivity contribution >= 4 is 22.1 Å². The predicted molar refractivity (Wildman–Crippen MR) is 108 cm³/mol. The van der Waals surface area contributed by atoms with Gasteiger partial charge in [0.05, 0.1) is 21.0 Å². The minimum Gasteiger partial charge on any atom is -0.258 e. The first-order valence-electron chi connectivity index (χ1n) is 8.57. The van der Waals surface area contributed by atoms with Crippen LogP contribution in [0.25, 0.3) is 33.0 Å². The molecule has 0 unspecified atom stereocenters. The molecule has 4 aromatic carbocycles. The molecule has 0 aliphatic rings. The summed E-state index contributed by atoms with van der Waals surface area (Å²) in [6, 6.07) is 24.1. The fourth-order valence-corrected chi connectivity index (χ4v) is 3.51. The Kier molecular flexibility index (Phi) is 4.29. The molecule has 28 heavy (non-hydrogen) atoms. The van der Waals surface area contributed by atoms with Crippen LogP contribution in [-0.2, 0) is 0 Å². The summed E-state index contributed by atoms with van der Waals surface area (Å²) in [4.78, 5) is 22.3. The first kappa shape index (κ1) is 17.4. The maximum Gasteiger partial charge on any atom is 0.277 e. The topological polar surface area (TPSA) is 86.3 Å². The van der Waals surface area contributed by atoms with Crippen LogP contribution in [0.15, 0.2) is 84.9 Å². The molecule has 0 radical (unpaired) electrons. The summed E-state index contributed by atoms with van der Waals surface area (Å²) < 4.78 is 0. The number of hydrogen-bond donors (Lipinski definition) is 0. The zero-order valence-corrected chi connectivity index (χ0v) is 14.6. The Balaban J connectivity index is 2.11. The molecule has 0 fully saturated rings. The van der Waals surface area contributed by atoms with Crippen molar-refractivity contribution in [2.75, 3.05) is 0 Å². The molecule has 0 saturated heterocycles. The van der Waals surface area contributed by atoms with Crippen LogP contribution >= 0.6 is 0 Å². The minimum absolute atomic E-state index is 0.00707. The lowest BCUT2D eigenvalue weighted by Gasteiger charge is -2.13. The van der Waals surface area contributed by atoms with E-state index < -0.39 is 9.85 Å². The summed E-state index contributed by atoms with van der Waals surface area (Å²) in [5.74, 6) is 0. The molecule has 0 atom stereocenters. The van der Waals surface area contributed by atoms with E-state index >= 15 is 0 Å². The second-order valence-corrected chi connectivity index (χ2v) is 6.26. The van der Waals surface area contributed by atoms with Gasteiger partial charge in [-0.05, 0) is 34.0 Å². The van der Waals surface area contributed by atoms with E-state index in [4.69, 9.17) is 0 Å². The van der Waals surface area contributed by atoms with Gasteiger partial charge in [-0.15, -0.1) is 0 Å². The van der Waals surface area contributed by atoms with Crippen LogP contribution in [0, 0.1) is 20.2 Å². The molecule has 0 bridgehead atoms. The summed E-state index contributed by atoms with van der Waals surface area (Å²) in [6.45, 7) is 0. The van der Waals surface area contributed by atoms with E-state index in [-0.39, 0.29) is 11.4 Å². The SMILES string of the molecule is O=[N+]([O-])c1ccccc1-c1cccc2cccc(-c3ccccc3[N+](=O)[O-])c12. The van der Waals surface area contributed by atoms with Crippen LogP contribution in [-0.4, -0.2) is 9.85 Å². The standard InChI is InChI=1S/C22H14N2O4/c25-23(26)20-13-3-1-9-16(20)18-11-5-7-15-8-6-12-19(22(15)18)17-10-2-4-14-21(17)24(27)28/h1-14H. The largest absolute Gasteiger partial charge is 0.277 e. The highest BCUT2D eigenvalue weighted by atomic mass is 16.6. The molecule has 6 heteroatoms. The molecule has 0 heterocycles. The molecule has 0 N–H and O–H groups in total. The van der Waals surface area contributed by atoms with Crippen LogP contribution < -0.4 is 0 Å². The average Bonchev–Trinajstić information content (AvgIpc) is 2.72. The first-order valence-corrected chi connectivity index (χ1v) is 8.57. The minimum atomic E-state index is -0.415. The summed E-state index contributed by atoms with van der Waals surface area (Å²) in [5, 5.41) is 24.7. The maximum absolute atomic E-state index is 11.5. The van der Waals surface area contributed by atoms with Crippen molar-refractivity contribution in [3.63, 3.8) is 0 Å². The molecule has 4 rings (SSSR count). The van der Waals surface area contributed by atoms with Gasteiger partial charge in [0.15, 0.2) is 0 Å². The van der Waals surface area contributed by atoms with E-state index in [0.717, 1.165) is 10.8 Å². The molecule has 0 saturated carbocycles. The third kappa shape index (κ3) is 2.87. The van der Waals surface area contributed by atoms with Gasteiger partial charge in [-0.25, -0.2) is 0 Å². The van der Waals surface area contributed by atoms with Crippen molar-refractivity contribution in [3.05, 3.63) is 105 Å². The third-order valence-corrected chi connectivity index (χ3v) is 4.69. The number of fused-ring (bicyclic) bond motifs is 1. The molecular formula is C22H14N2O4. The lowest BCUT2D eigenvalue weighted by Crippen LogP contribution is -1.95. The third-order valence-electron chi connectivity index (χ3n) is 4.69.